The van der Waals surface area contributed by atoms with Gasteiger partial charge in [0.15, 0.2) is 0 Å². The van der Waals surface area contributed by atoms with Gasteiger partial charge in [-0.2, -0.15) is 5.26 Å². The number of nitriles is 1. The van der Waals surface area contributed by atoms with Gasteiger partial charge in [0.25, 0.3) is 0 Å². The molecule has 0 radical (unpaired) electrons. The Labute approximate surface area is 61.9 Å². The zero-order valence-electron chi connectivity index (χ0n) is 4.71. The summed E-state index contributed by atoms with van der Waals surface area (Å²) in [6, 6.07) is 1.85. The van der Waals surface area contributed by atoms with Crippen molar-refractivity contribution in [1.82, 2.24) is 5.32 Å². The summed E-state index contributed by atoms with van der Waals surface area (Å²) in [5.74, 6) is 0. The van der Waals surface area contributed by atoms with E-state index in [2.05, 4.69) is 26.2 Å². The second kappa shape index (κ2) is 2.95. The molecule has 0 saturated heterocycles. The molecule has 2 unspecified atom stereocenters. The van der Waals surface area contributed by atoms with Crippen LogP contribution in [0.5, 0.6) is 0 Å². The molecular weight excluding hydrogens is 182 g/mol. The topological polar surface area (TPSA) is 48.2 Å². The zero-order valence-corrected chi connectivity index (χ0v) is 6.30. The molecule has 1 aliphatic heterocycles. The van der Waals surface area contributed by atoms with Crippen LogP contribution in [-0.4, -0.2) is 23.8 Å². The quantitative estimate of drug-likeness (QED) is 0.438. The summed E-state index contributed by atoms with van der Waals surface area (Å²) in [5.41, 5.74) is 0. The zero-order chi connectivity index (χ0) is 6.69. The maximum atomic E-state index is 8.36. The Morgan fingerprint density at radius 3 is 3.11 bits per heavy atom. The Kier molecular flexibility index (Phi) is 2.20. The number of aliphatic imine (C=N–C) groups is 1. The summed E-state index contributed by atoms with van der Waals surface area (Å²) >= 11 is 3.28. The minimum atomic E-state index is -0.196. The van der Waals surface area contributed by atoms with Crippen molar-refractivity contribution in [3.63, 3.8) is 0 Å². The SMILES string of the molecule is N#CC1CNC(Br)C=N1. The van der Waals surface area contributed by atoms with Crippen LogP contribution >= 0.6 is 15.9 Å². The number of rotatable bonds is 0. The Morgan fingerprint density at radius 1 is 1.89 bits per heavy atom. The van der Waals surface area contributed by atoms with Crippen molar-refractivity contribution in [2.75, 3.05) is 6.54 Å². The van der Waals surface area contributed by atoms with Gasteiger partial charge in [0.05, 0.1) is 11.0 Å². The van der Waals surface area contributed by atoms with Crippen molar-refractivity contribution in [3.05, 3.63) is 0 Å². The van der Waals surface area contributed by atoms with Gasteiger partial charge in [-0.15, -0.1) is 0 Å². The summed E-state index contributed by atoms with van der Waals surface area (Å²) < 4.78 is 0. The predicted octanol–water partition coefficient (Wildman–Crippen LogP) is 0.274. The highest BCUT2D eigenvalue weighted by molar-refractivity contribution is 9.09. The molecule has 0 spiro atoms. The van der Waals surface area contributed by atoms with Crippen LogP contribution < -0.4 is 5.32 Å². The normalized spacial score (nSPS) is 33.8. The Bertz CT molecular complexity index is 160. The summed E-state index contributed by atoms with van der Waals surface area (Å²) in [6.07, 6.45) is 1.69. The molecule has 3 nitrogen and oxygen atoms in total. The molecule has 1 N–H and O–H groups in total. The number of nitrogens with zero attached hydrogens (tertiary/aromatic N) is 2. The Balaban J connectivity index is 2.50. The van der Waals surface area contributed by atoms with E-state index in [9.17, 15) is 0 Å². The number of halogens is 1. The number of alkyl halides is 1. The van der Waals surface area contributed by atoms with Crippen molar-refractivity contribution < 1.29 is 0 Å². The average molecular weight is 188 g/mol. The van der Waals surface area contributed by atoms with Gasteiger partial charge in [-0.05, 0) is 0 Å². The van der Waals surface area contributed by atoms with Gasteiger partial charge in [0.2, 0.25) is 0 Å². The molecule has 1 rings (SSSR count). The summed E-state index contributed by atoms with van der Waals surface area (Å²) in [7, 11) is 0. The standard InChI is InChI=1S/C5H6BrN3/c6-5-3-8-4(1-7)2-9-5/h3-5,9H,2H2. The molecular formula is C5H6BrN3. The van der Waals surface area contributed by atoms with E-state index in [-0.39, 0.29) is 11.0 Å². The van der Waals surface area contributed by atoms with Crippen molar-refractivity contribution in [3.8, 4) is 6.07 Å². The highest BCUT2D eigenvalue weighted by atomic mass is 79.9. The van der Waals surface area contributed by atoms with E-state index in [0.29, 0.717) is 6.54 Å². The van der Waals surface area contributed by atoms with Gasteiger partial charge >= 0.3 is 0 Å². The smallest absolute Gasteiger partial charge is 0.148 e. The molecule has 0 saturated carbocycles. The van der Waals surface area contributed by atoms with E-state index in [0.717, 1.165) is 0 Å². The van der Waals surface area contributed by atoms with Crippen molar-refractivity contribution in [2.24, 2.45) is 4.99 Å². The van der Waals surface area contributed by atoms with Gasteiger partial charge in [-0.1, -0.05) is 15.9 Å². The first-order valence-electron chi connectivity index (χ1n) is 2.63. The van der Waals surface area contributed by atoms with Crippen LogP contribution in [0.25, 0.3) is 0 Å². The van der Waals surface area contributed by atoms with E-state index in [4.69, 9.17) is 5.26 Å². The summed E-state index contributed by atoms with van der Waals surface area (Å²) in [4.78, 5) is 4.07. The molecule has 0 aliphatic carbocycles. The molecule has 0 fully saturated rings. The Morgan fingerprint density at radius 2 is 2.67 bits per heavy atom. The van der Waals surface area contributed by atoms with Crippen LogP contribution in [-0.2, 0) is 0 Å². The summed E-state index contributed by atoms with van der Waals surface area (Å²) in [5, 5.41) is 11.4. The molecule has 48 valence electrons. The predicted molar refractivity (Wildman–Crippen MR) is 38.6 cm³/mol. The number of nitrogens with one attached hydrogen (secondary N) is 1. The van der Waals surface area contributed by atoms with Gasteiger partial charge in [-0.3, -0.25) is 10.3 Å². The van der Waals surface area contributed by atoms with E-state index in [1.54, 1.807) is 6.21 Å². The van der Waals surface area contributed by atoms with Crippen LogP contribution in [0, 0.1) is 11.3 Å². The third kappa shape index (κ3) is 1.77. The first-order chi connectivity index (χ1) is 4.33. The largest absolute Gasteiger partial charge is 0.297 e. The third-order valence-corrected chi connectivity index (χ3v) is 1.61. The van der Waals surface area contributed by atoms with Crippen molar-refractivity contribution in [1.29, 1.82) is 5.26 Å². The second-order valence-corrected chi connectivity index (χ2v) is 2.74. The maximum absolute atomic E-state index is 8.36. The van der Waals surface area contributed by atoms with E-state index in [1.807, 2.05) is 6.07 Å². The number of hydrogen-bond acceptors (Lipinski definition) is 3. The molecule has 0 aromatic carbocycles. The van der Waals surface area contributed by atoms with Crippen molar-refractivity contribution in [2.45, 2.75) is 11.0 Å². The molecule has 0 amide bonds. The highest BCUT2D eigenvalue weighted by Gasteiger charge is 2.11. The van der Waals surface area contributed by atoms with Gasteiger partial charge < -0.3 is 0 Å². The lowest BCUT2D eigenvalue weighted by molar-refractivity contribution is 0.661. The lowest BCUT2D eigenvalue weighted by Crippen LogP contribution is -2.36. The van der Waals surface area contributed by atoms with Crippen molar-refractivity contribution >= 4 is 22.1 Å². The van der Waals surface area contributed by atoms with Gasteiger partial charge in [0, 0.05) is 12.8 Å². The molecule has 0 aromatic heterocycles. The minimum absolute atomic E-state index is 0.141. The van der Waals surface area contributed by atoms with Crippen LogP contribution in [0.3, 0.4) is 0 Å². The fraction of sp³-hybridized carbons (Fsp3) is 0.600. The summed E-state index contributed by atoms with van der Waals surface area (Å²) in [6.45, 7) is 0.642. The lowest BCUT2D eigenvalue weighted by Gasteiger charge is -2.14. The van der Waals surface area contributed by atoms with Crippen LogP contribution in [0.2, 0.25) is 0 Å². The lowest BCUT2D eigenvalue weighted by atomic mass is 10.3. The first-order valence-corrected chi connectivity index (χ1v) is 3.55. The van der Waals surface area contributed by atoms with E-state index in [1.165, 1.54) is 0 Å². The molecule has 4 heteroatoms. The fourth-order valence-electron chi connectivity index (χ4n) is 0.588. The monoisotopic (exact) mass is 187 g/mol. The fourth-order valence-corrected chi connectivity index (χ4v) is 0.911. The minimum Gasteiger partial charge on any atom is -0.297 e. The molecule has 1 heterocycles. The molecule has 9 heavy (non-hydrogen) atoms. The van der Waals surface area contributed by atoms with Gasteiger partial charge in [-0.25, -0.2) is 0 Å². The average Bonchev–Trinajstić information content (AvgIpc) is 1.90. The second-order valence-electron chi connectivity index (χ2n) is 1.75. The van der Waals surface area contributed by atoms with E-state index >= 15 is 0 Å². The molecule has 1 aliphatic rings. The highest BCUT2D eigenvalue weighted by Crippen LogP contribution is 1.99. The third-order valence-electron chi connectivity index (χ3n) is 1.05. The first kappa shape index (κ1) is 6.72. The molecule has 0 aromatic rings. The van der Waals surface area contributed by atoms with Crippen LogP contribution in [0.4, 0.5) is 0 Å². The Hall–Kier alpha value is -0.400. The molecule has 2 atom stereocenters. The van der Waals surface area contributed by atoms with E-state index < -0.39 is 0 Å². The van der Waals surface area contributed by atoms with Gasteiger partial charge in [0.1, 0.15) is 6.04 Å². The number of hydrogen-bond donors (Lipinski definition) is 1. The van der Waals surface area contributed by atoms with Crippen LogP contribution in [0.15, 0.2) is 4.99 Å². The molecule has 0 bridgehead atoms. The maximum Gasteiger partial charge on any atom is 0.148 e. The van der Waals surface area contributed by atoms with Crippen LogP contribution in [0.1, 0.15) is 0 Å².